The first-order valence-corrected chi connectivity index (χ1v) is 9.07. The van der Waals surface area contributed by atoms with Crippen molar-refractivity contribution < 1.29 is 9.59 Å². The van der Waals surface area contributed by atoms with Crippen molar-refractivity contribution in [3.63, 3.8) is 0 Å². The van der Waals surface area contributed by atoms with Crippen molar-refractivity contribution in [1.29, 1.82) is 0 Å². The molecule has 3 rings (SSSR count). The summed E-state index contributed by atoms with van der Waals surface area (Å²) in [4.78, 5) is 34.5. The fraction of sp³-hybridized carbons (Fsp3) is 0.474. The van der Waals surface area contributed by atoms with Crippen molar-refractivity contribution in [2.24, 2.45) is 0 Å². The Bertz CT molecular complexity index is 786. The molecule has 0 aliphatic carbocycles. The monoisotopic (exact) mass is 355 g/mol. The van der Waals surface area contributed by atoms with E-state index in [9.17, 15) is 9.59 Å². The number of pyridine rings is 1. The van der Waals surface area contributed by atoms with Crippen molar-refractivity contribution in [3.8, 4) is 0 Å². The number of amides is 2. The number of imidazole rings is 1. The molecule has 0 radical (unpaired) electrons. The molecule has 1 unspecified atom stereocenters. The third-order valence-electron chi connectivity index (χ3n) is 4.74. The molecule has 7 nitrogen and oxygen atoms in total. The zero-order valence-corrected chi connectivity index (χ0v) is 15.3. The summed E-state index contributed by atoms with van der Waals surface area (Å²) in [6, 6.07) is 4.01. The molecule has 3 heterocycles. The van der Waals surface area contributed by atoms with Gasteiger partial charge in [-0.3, -0.25) is 14.6 Å². The molecule has 1 atom stereocenters. The van der Waals surface area contributed by atoms with Crippen LogP contribution in [-0.2, 0) is 29.1 Å². The molecule has 2 aromatic heterocycles. The Morgan fingerprint density at radius 2 is 2.15 bits per heavy atom. The Morgan fingerprint density at radius 3 is 2.92 bits per heavy atom. The fourth-order valence-electron chi connectivity index (χ4n) is 3.46. The summed E-state index contributed by atoms with van der Waals surface area (Å²) < 4.78 is 1.92. The summed E-state index contributed by atoms with van der Waals surface area (Å²) in [5.74, 6) is 0.956. The highest BCUT2D eigenvalue weighted by atomic mass is 16.2. The second-order valence-corrected chi connectivity index (χ2v) is 6.56. The topological polar surface area (TPSA) is 80.1 Å². The van der Waals surface area contributed by atoms with Gasteiger partial charge in [0.2, 0.25) is 11.8 Å². The number of carbonyl (C=O) groups excluding carboxylic acids is 2. The van der Waals surface area contributed by atoms with E-state index >= 15 is 0 Å². The predicted octanol–water partition coefficient (Wildman–Crippen LogP) is 1.84. The molecule has 7 heteroatoms. The van der Waals surface area contributed by atoms with Gasteiger partial charge in [-0.15, -0.1) is 0 Å². The maximum atomic E-state index is 12.9. The average molecular weight is 355 g/mol. The van der Waals surface area contributed by atoms with Gasteiger partial charge in [0, 0.05) is 38.5 Å². The zero-order chi connectivity index (χ0) is 18.5. The van der Waals surface area contributed by atoms with Gasteiger partial charge in [0.1, 0.15) is 12.4 Å². The van der Waals surface area contributed by atoms with Crippen molar-refractivity contribution in [1.82, 2.24) is 24.8 Å². The minimum Gasteiger partial charge on any atom is -0.351 e. The van der Waals surface area contributed by atoms with E-state index in [1.807, 2.05) is 34.7 Å². The van der Waals surface area contributed by atoms with Crippen molar-refractivity contribution in [3.05, 3.63) is 47.8 Å². The lowest BCUT2D eigenvalue weighted by Crippen LogP contribution is -2.33. The SMILES string of the molecule is CCc1nccn1CC(=O)N1CCCC1c1ccnc(CNC(C)=O)c1. The molecule has 0 spiro atoms. The minimum atomic E-state index is -0.0815. The van der Waals surface area contributed by atoms with E-state index in [0.717, 1.165) is 42.9 Å². The first-order valence-electron chi connectivity index (χ1n) is 9.07. The van der Waals surface area contributed by atoms with Gasteiger partial charge in [-0.25, -0.2) is 4.98 Å². The van der Waals surface area contributed by atoms with E-state index in [4.69, 9.17) is 0 Å². The van der Waals surface area contributed by atoms with Crippen LogP contribution in [0.1, 0.15) is 49.8 Å². The summed E-state index contributed by atoms with van der Waals surface area (Å²) in [5.41, 5.74) is 1.88. The molecule has 1 aliphatic heterocycles. The molecule has 1 fully saturated rings. The van der Waals surface area contributed by atoms with E-state index in [0.29, 0.717) is 13.1 Å². The Labute approximate surface area is 153 Å². The standard InChI is InChI=1S/C19H25N5O2/c1-3-18-21-8-10-23(18)13-19(26)24-9-4-5-17(24)15-6-7-20-16(11-15)12-22-14(2)25/h6-8,10-11,17H,3-5,9,12-13H2,1-2H3,(H,22,25). The lowest BCUT2D eigenvalue weighted by molar-refractivity contribution is -0.132. The lowest BCUT2D eigenvalue weighted by Gasteiger charge is -2.26. The zero-order valence-electron chi connectivity index (χ0n) is 15.3. The van der Waals surface area contributed by atoms with Gasteiger partial charge in [0.25, 0.3) is 0 Å². The summed E-state index contributed by atoms with van der Waals surface area (Å²) in [5, 5.41) is 2.76. The molecule has 0 aromatic carbocycles. The third kappa shape index (κ3) is 4.09. The van der Waals surface area contributed by atoms with Gasteiger partial charge < -0.3 is 14.8 Å². The molecule has 1 N–H and O–H groups in total. The fourth-order valence-corrected chi connectivity index (χ4v) is 3.46. The van der Waals surface area contributed by atoms with Crippen molar-refractivity contribution >= 4 is 11.8 Å². The number of likely N-dealkylation sites (tertiary alicyclic amines) is 1. The van der Waals surface area contributed by atoms with E-state index < -0.39 is 0 Å². The normalized spacial score (nSPS) is 16.7. The summed E-state index contributed by atoms with van der Waals surface area (Å²) in [6.07, 6.45) is 8.09. The number of hydrogen-bond donors (Lipinski definition) is 1. The molecule has 138 valence electrons. The van der Waals surface area contributed by atoms with Crippen LogP contribution in [0.5, 0.6) is 0 Å². The van der Waals surface area contributed by atoms with Gasteiger partial charge in [0.05, 0.1) is 18.3 Å². The van der Waals surface area contributed by atoms with Crippen LogP contribution in [-0.4, -0.2) is 37.8 Å². The first kappa shape index (κ1) is 18.1. The molecular weight excluding hydrogens is 330 g/mol. The lowest BCUT2D eigenvalue weighted by atomic mass is 10.0. The van der Waals surface area contributed by atoms with Crippen LogP contribution in [0.25, 0.3) is 0 Å². The van der Waals surface area contributed by atoms with E-state index in [1.54, 1.807) is 12.4 Å². The first-order chi connectivity index (χ1) is 12.6. The van der Waals surface area contributed by atoms with E-state index in [1.165, 1.54) is 6.92 Å². The summed E-state index contributed by atoms with van der Waals surface area (Å²) in [7, 11) is 0. The van der Waals surface area contributed by atoms with Gasteiger partial charge >= 0.3 is 0 Å². The van der Waals surface area contributed by atoms with Crippen LogP contribution < -0.4 is 5.32 Å². The van der Waals surface area contributed by atoms with Gasteiger partial charge in [-0.1, -0.05) is 6.92 Å². The third-order valence-corrected chi connectivity index (χ3v) is 4.74. The van der Waals surface area contributed by atoms with E-state index in [-0.39, 0.29) is 17.9 Å². The van der Waals surface area contributed by atoms with Crippen LogP contribution >= 0.6 is 0 Å². The summed E-state index contributed by atoms with van der Waals surface area (Å²) >= 11 is 0. The minimum absolute atomic E-state index is 0.0650. The molecule has 2 amide bonds. The molecule has 0 bridgehead atoms. The molecule has 1 saturated heterocycles. The van der Waals surface area contributed by atoms with Crippen LogP contribution in [0, 0.1) is 0 Å². The molecule has 1 aliphatic rings. The summed E-state index contributed by atoms with van der Waals surface area (Å²) in [6.45, 7) is 5.02. The quantitative estimate of drug-likeness (QED) is 0.857. The van der Waals surface area contributed by atoms with Crippen LogP contribution in [0.4, 0.5) is 0 Å². The molecule has 0 saturated carbocycles. The molecule has 26 heavy (non-hydrogen) atoms. The van der Waals surface area contributed by atoms with Gasteiger partial charge in [0.15, 0.2) is 0 Å². The Hall–Kier alpha value is -2.70. The highest BCUT2D eigenvalue weighted by Gasteiger charge is 2.30. The largest absolute Gasteiger partial charge is 0.351 e. The number of aryl methyl sites for hydroxylation is 1. The van der Waals surface area contributed by atoms with E-state index in [2.05, 4.69) is 15.3 Å². The highest BCUT2D eigenvalue weighted by molar-refractivity contribution is 5.77. The smallest absolute Gasteiger partial charge is 0.243 e. The number of nitrogens with one attached hydrogen (secondary N) is 1. The number of rotatable bonds is 6. The number of hydrogen-bond acceptors (Lipinski definition) is 4. The number of nitrogens with zero attached hydrogens (tertiary/aromatic N) is 4. The van der Waals surface area contributed by atoms with Gasteiger partial charge in [-0.05, 0) is 30.5 Å². The average Bonchev–Trinajstić information content (AvgIpc) is 3.29. The predicted molar refractivity (Wildman–Crippen MR) is 97.1 cm³/mol. The maximum absolute atomic E-state index is 12.9. The van der Waals surface area contributed by atoms with Crippen molar-refractivity contribution in [2.75, 3.05) is 6.54 Å². The molecular formula is C19H25N5O2. The van der Waals surface area contributed by atoms with Crippen molar-refractivity contribution in [2.45, 2.75) is 52.2 Å². The number of aromatic nitrogens is 3. The van der Waals surface area contributed by atoms with Gasteiger partial charge in [-0.2, -0.15) is 0 Å². The Balaban J connectivity index is 1.72. The van der Waals surface area contributed by atoms with Crippen LogP contribution in [0.2, 0.25) is 0 Å². The second kappa shape index (κ2) is 8.12. The van der Waals surface area contributed by atoms with Crippen LogP contribution in [0.15, 0.2) is 30.7 Å². The second-order valence-electron chi connectivity index (χ2n) is 6.56. The maximum Gasteiger partial charge on any atom is 0.243 e. The Morgan fingerprint density at radius 1 is 1.31 bits per heavy atom. The molecule has 2 aromatic rings. The Kier molecular flexibility index (Phi) is 5.65. The van der Waals surface area contributed by atoms with Crippen LogP contribution in [0.3, 0.4) is 0 Å². The highest BCUT2D eigenvalue weighted by Crippen LogP contribution is 2.32. The number of carbonyl (C=O) groups is 2.